The predicted octanol–water partition coefficient (Wildman–Crippen LogP) is 2.63. The first-order valence-corrected chi connectivity index (χ1v) is 7.84. The summed E-state index contributed by atoms with van der Waals surface area (Å²) in [7, 11) is 0. The molecule has 2 aliphatic rings. The molecule has 0 bridgehead atoms. The van der Waals surface area contributed by atoms with Crippen molar-refractivity contribution in [3.63, 3.8) is 0 Å². The Kier molecular flexibility index (Phi) is 4.91. The van der Waals surface area contributed by atoms with E-state index in [0.29, 0.717) is 19.0 Å². The van der Waals surface area contributed by atoms with Gasteiger partial charge in [0.1, 0.15) is 6.04 Å². The van der Waals surface area contributed by atoms with Gasteiger partial charge in [0.15, 0.2) is 0 Å². The van der Waals surface area contributed by atoms with Crippen LogP contribution in [-0.2, 0) is 4.79 Å². The lowest BCUT2D eigenvalue weighted by molar-refractivity contribution is -0.148. The maximum atomic E-state index is 12.4. The van der Waals surface area contributed by atoms with E-state index in [9.17, 15) is 14.7 Å². The van der Waals surface area contributed by atoms with E-state index in [1.54, 1.807) is 0 Å². The van der Waals surface area contributed by atoms with Crippen LogP contribution in [0.3, 0.4) is 0 Å². The third kappa shape index (κ3) is 3.77. The summed E-state index contributed by atoms with van der Waals surface area (Å²) in [6.45, 7) is 5.01. The highest BCUT2D eigenvalue weighted by molar-refractivity contribution is 5.83. The van der Waals surface area contributed by atoms with E-state index in [1.807, 2.05) is 13.8 Å². The molecule has 2 amide bonds. The molecule has 2 atom stereocenters. The highest BCUT2D eigenvalue weighted by Gasteiger charge is 2.44. The summed E-state index contributed by atoms with van der Waals surface area (Å²) in [5.41, 5.74) is -0.380. The van der Waals surface area contributed by atoms with Crippen LogP contribution in [0.5, 0.6) is 0 Å². The van der Waals surface area contributed by atoms with Crippen molar-refractivity contribution in [1.29, 1.82) is 0 Å². The second-order valence-electron chi connectivity index (χ2n) is 6.86. The maximum absolute atomic E-state index is 12.4. The van der Waals surface area contributed by atoms with E-state index in [0.717, 1.165) is 32.1 Å². The fraction of sp³-hybridized carbons (Fsp3) is 0.750. The summed E-state index contributed by atoms with van der Waals surface area (Å²) in [4.78, 5) is 25.4. The van der Waals surface area contributed by atoms with Gasteiger partial charge in [0.2, 0.25) is 0 Å². The monoisotopic (exact) mass is 294 g/mol. The van der Waals surface area contributed by atoms with Gasteiger partial charge in [-0.25, -0.2) is 9.59 Å². The molecule has 2 rings (SSSR count). The van der Waals surface area contributed by atoms with Crippen molar-refractivity contribution in [2.24, 2.45) is 11.3 Å². The molecule has 118 valence electrons. The van der Waals surface area contributed by atoms with Gasteiger partial charge in [-0.3, -0.25) is 0 Å². The van der Waals surface area contributed by atoms with E-state index in [1.165, 1.54) is 4.90 Å². The van der Waals surface area contributed by atoms with Gasteiger partial charge in [-0.1, -0.05) is 26.0 Å². The molecule has 1 heterocycles. The van der Waals surface area contributed by atoms with Crippen LogP contribution < -0.4 is 5.32 Å². The number of aliphatic carboxylic acids is 1. The number of amides is 2. The SMILES string of the molecule is CC1(C)CCCN(C(=O)NCC2CC=CCC2)C1C(=O)O. The Morgan fingerprint density at radius 1 is 1.38 bits per heavy atom. The average Bonchev–Trinajstić information content (AvgIpc) is 2.44. The number of hydrogen-bond donors (Lipinski definition) is 2. The summed E-state index contributed by atoms with van der Waals surface area (Å²) in [5.74, 6) is -0.435. The zero-order valence-corrected chi connectivity index (χ0v) is 13.0. The molecule has 1 aliphatic carbocycles. The molecule has 0 aromatic carbocycles. The van der Waals surface area contributed by atoms with Crippen molar-refractivity contribution >= 4 is 12.0 Å². The van der Waals surface area contributed by atoms with Crippen LogP contribution in [-0.4, -0.2) is 41.1 Å². The molecule has 0 radical (unpaired) electrons. The van der Waals surface area contributed by atoms with Crippen LogP contribution in [0.1, 0.15) is 46.0 Å². The normalized spacial score (nSPS) is 28.2. The molecule has 2 unspecified atom stereocenters. The third-order valence-electron chi connectivity index (χ3n) is 4.69. The summed E-state index contributed by atoms with van der Waals surface area (Å²) in [5, 5.41) is 12.4. The maximum Gasteiger partial charge on any atom is 0.327 e. The van der Waals surface area contributed by atoms with E-state index < -0.39 is 12.0 Å². The molecule has 5 nitrogen and oxygen atoms in total. The Balaban J connectivity index is 1.96. The van der Waals surface area contributed by atoms with Crippen LogP contribution >= 0.6 is 0 Å². The van der Waals surface area contributed by atoms with Crippen molar-refractivity contribution in [2.45, 2.75) is 52.0 Å². The second kappa shape index (κ2) is 6.50. The third-order valence-corrected chi connectivity index (χ3v) is 4.69. The quantitative estimate of drug-likeness (QED) is 0.786. The van der Waals surface area contributed by atoms with Crippen LogP contribution in [0.2, 0.25) is 0 Å². The van der Waals surface area contributed by atoms with Crippen LogP contribution in [0.15, 0.2) is 12.2 Å². The minimum Gasteiger partial charge on any atom is -0.480 e. The van der Waals surface area contributed by atoms with Gasteiger partial charge < -0.3 is 15.3 Å². The lowest BCUT2D eigenvalue weighted by Gasteiger charge is -2.43. The van der Waals surface area contributed by atoms with E-state index in [-0.39, 0.29) is 11.4 Å². The van der Waals surface area contributed by atoms with Gasteiger partial charge in [-0.05, 0) is 43.4 Å². The van der Waals surface area contributed by atoms with Gasteiger partial charge in [0.25, 0.3) is 0 Å². The van der Waals surface area contributed by atoms with Crippen molar-refractivity contribution in [3.05, 3.63) is 12.2 Å². The summed E-state index contributed by atoms with van der Waals surface area (Å²) in [6, 6.07) is -0.970. The highest BCUT2D eigenvalue weighted by Crippen LogP contribution is 2.35. The number of carbonyl (C=O) groups excluding carboxylic acids is 1. The summed E-state index contributed by atoms with van der Waals surface area (Å²) >= 11 is 0. The fourth-order valence-corrected chi connectivity index (χ4v) is 3.45. The minimum absolute atomic E-state index is 0.232. The molecule has 2 N–H and O–H groups in total. The zero-order valence-electron chi connectivity index (χ0n) is 13.0. The zero-order chi connectivity index (χ0) is 15.5. The molecule has 1 aliphatic heterocycles. The molecule has 0 saturated carbocycles. The largest absolute Gasteiger partial charge is 0.480 e. The standard InChI is InChI=1S/C16H26N2O3/c1-16(2)9-6-10-18(13(16)14(19)20)15(21)17-11-12-7-4-3-5-8-12/h3-4,12-13H,5-11H2,1-2H3,(H,17,21)(H,19,20). The summed E-state index contributed by atoms with van der Waals surface area (Å²) < 4.78 is 0. The molecule has 1 fully saturated rings. The number of likely N-dealkylation sites (tertiary alicyclic amines) is 1. The van der Waals surface area contributed by atoms with Crippen LogP contribution in [0.25, 0.3) is 0 Å². The Morgan fingerprint density at radius 2 is 2.14 bits per heavy atom. The second-order valence-corrected chi connectivity index (χ2v) is 6.86. The molecule has 0 aromatic rings. The van der Waals surface area contributed by atoms with Crippen molar-refractivity contribution in [2.75, 3.05) is 13.1 Å². The molecule has 21 heavy (non-hydrogen) atoms. The van der Waals surface area contributed by atoms with E-state index in [4.69, 9.17) is 0 Å². The number of piperidine rings is 1. The number of nitrogens with one attached hydrogen (secondary N) is 1. The first-order chi connectivity index (χ1) is 9.92. The number of allylic oxidation sites excluding steroid dienone is 2. The van der Waals surface area contributed by atoms with Crippen LogP contribution in [0.4, 0.5) is 4.79 Å². The number of nitrogens with zero attached hydrogens (tertiary/aromatic N) is 1. The Hall–Kier alpha value is -1.52. The number of hydrogen-bond acceptors (Lipinski definition) is 2. The minimum atomic E-state index is -0.907. The number of carboxylic acid groups (broad SMARTS) is 1. The Morgan fingerprint density at radius 3 is 2.76 bits per heavy atom. The molecular formula is C16H26N2O3. The molecule has 0 spiro atoms. The number of carboxylic acids is 1. The predicted molar refractivity (Wildman–Crippen MR) is 81.0 cm³/mol. The van der Waals surface area contributed by atoms with E-state index >= 15 is 0 Å². The van der Waals surface area contributed by atoms with Gasteiger partial charge >= 0.3 is 12.0 Å². The number of rotatable bonds is 3. The van der Waals surface area contributed by atoms with Gasteiger partial charge in [0, 0.05) is 13.1 Å². The van der Waals surface area contributed by atoms with Crippen molar-refractivity contribution in [3.8, 4) is 0 Å². The Labute approximate surface area is 126 Å². The first kappa shape index (κ1) is 15.9. The topological polar surface area (TPSA) is 69.6 Å². The highest BCUT2D eigenvalue weighted by atomic mass is 16.4. The molecule has 1 saturated heterocycles. The van der Waals surface area contributed by atoms with E-state index in [2.05, 4.69) is 17.5 Å². The smallest absolute Gasteiger partial charge is 0.327 e. The molecule has 5 heteroatoms. The number of carbonyl (C=O) groups is 2. The lowest BCUT2D eigenvalue weighted by atomic mass is 9.76. The number of urea groups is 1. The van der Waals surface area contributed by atoms with Crippen LogP contribution in [0, 0.1) is 11.3 Å². The van der Waals surface area contributed by atoms with Gasteiger partial charge in [0.05, 0.1) is 0 Å². The molecular weight excluding hydrogens is 268 g/mol. The van der Waals surface area contributed by atoms with Crippen molar-refractivity contribution < 1.29 is 14.7 Å². The average molecular weight is 294 g/mol. The van der Waals surface area contributed by atoms with Gasteiger partial charge in [-0.15, -0.1) is 0 Å². The first-order valence-electron chi connectivity index (χ1n) is 7.84. The molecule has 0 aromatic heterocycles. The fourth-order valence-electron chi connectivity index (χ4n) is 3.45. The van der Waals surface area contributed by atoms with Gasteiger partial charge in [-0.2, -0.15) is 0 Å². The Bertz CT molecular complexity index is 431. The van der Waals surface area contributed by atoms with Crippen molar-refractivity contribution in [1.82, 2.24) is 10.2 Å². The summed E-state index contributed by atoms with van der Waals surface area (Å²) in [6.07, 6.45) is 9.17. The lowest BCUT2D eigenvalue weighted by Crippen LogP contribution is -2.59.